The molecular weight excluding hydrogens is 250 g/mol. The number of H-pyrrole nitrogens is 1. The van der Waals surface area contributed by atoms with E-state index in [0.717, 1.165) is 17.1 Å². The number of carboxylic acids is 1. The molecule has 0 saturated carbocycles. The number of carboxylic acid groups (broad SMARTS) is 1. The minimum absolute atomic E-state index is 0.197. The van der Waals surface area contributed by atoms with Crippen LogP contribution in [0.15, 0.2) is 40.2 Å². The minimum Gasteiger partial charge on any atom is -0.480 e. The lowest BCUT2D eigenvalue weighted by Gasteiger charge is -2.18. The van der Waals surface area contributed by atoms with Gasteiger partial charge < -0.3 is 10.1 Å². The van der Waals surface area contributed by atoms with Crippen LogP contribution >= 0.6 is 11.8 Å². The van der Waals surface area contributed by atoms with Gasteiger partial charge in [-0.05, 0) is 31.4 Å². The topological polar surface area (TPSA) is 70.2 Å². The molecular formula is C13H13NO3S. The highest BCUT2D eigenvalue weighted by Crippen LogP contribution is 2.31. The maximum Gasteiger partial charge on any atom is 0.319 e. The molecule has 0 fully saturated rings. The summed E-state index contributed by atoms with van der Waals surface area (Å²) in [5.74, 6) is -0.915. The third kappa shape index (κ3) is 2.41. The number of nitrogens with one attached hydrogen (secondary N) is 1. The summed E-state index contributed by atoms with van der Waals surface area (Å²) < 4.78 is -0.981. The fraction of sp³-hybridized carbons (Fsp3) is 0.231. The van der Waals surface area contributed by atoms with E-state index in [1.807, 2.05) is 12.1 Å². The van der Waals surface area contributed by atoms with Gasteiger partial charge in [0.05, 0.1) is 5.03 Å². The summed E-state index contributed by atoms with van der Waals surface area (Å²) in [7, 11) is 0. The molecule has 2 N–H and O–H groups in total. The van der Waals surface area contributed by atoms with Crippen LogP contribution in [-0.2, 0) is 4.79 Å². The molecule has 0 saturated heterocycles. The molecule has 2 rings (SSSR count). The number of thioether (sulfide) groups is 1. The van der Waals surface area contributed by atoms with Gasteiger partial charge in [-0.15, -0.1) is 0 Å². The second-order valence-corrected chi connectivity index (χ2v) is 6.13. The van der Waals surface area contributed by atoms with E-state index in [9.17, 15) is 9.59 Å². The van der Waals surface area contributed by atoms with Crippen molar-refractivity contribution in [2.75, 3.05) is 0 Å². The predicted octanol–water partition coefficient (Wildman–Crippen LogP) is 2.48. The molecule has 2 aromatic rings. The van der Waals surface area contributed by atoms with Gasteiger partial charge in [-0.3, -0.25) is 9.59 Å². The van der Waals surface area contributed by atoms with Gasteiger partial charge in [0.15, 0.2) is 0 Å². The van der Waals surface area contributed by atoms with Crippen molar-refractivity contribution in [2.45, 2.75) is 23.6 Å². The highest BCUT2D eigenvalue weighted by atomic mass is 32.2. The van der Waals surface area contributed by atoms with E-state index in [1.165, 1.54) is 0 Å². The Hall–Kier alpha value is -1.75. The quantitative estimate of drug-likeness (QED) is 0.835. The molecule has 1 heterocycles. The van der Waals surface area contributed by atoms with Crippen LogP contribution in [0.25, 0.3) is 10.8 Å². The van der Waals surface area contributed by atoms with Crippen molar-refractivity contribution in [3.63, 3.8) is 0 Å². The van der Waals surface area contributed by atoms with Gasteiger partial charge in [-0.2, -0.15) is 0 Å². The Kier molecular flexibility index (Phi) is 3.17. The third-order valence-electron chi connectivity index (χ3n) is 2.61. The van der Waals surface area contributed by atoms with E-state index in [-0.39, 0.29) is 5.56 Å². The number of aromatic nitrogens is 1. The molecule has 1 aromatic carbocycles. The van der Waals surface area contributed by atoms with E-state index < -0.39 is 10.7 Å². The summed E-state index contributed by atoms with van der Waals surface area (Å²) in [4.78, 5) is 25.6. The molecule has 0 atom stereocenters. The Morgan fingerprint density at radius 2 is 2.00 bits per heavy atom. The molecule has 0 spiro atoms. The van der Waals surface area contributed by atoms with Crippen LogP contribution in [0.5, 0.6) is 0 Å². The van der Waals surface area contributed by atoms with Crippen LogP contribution in [0.2, 0.25) is 0 Å². The highest BCUT2D eigenvalue weighted by Gasteiger charge is 2.29. The largest absolute Gasteiger partial charge is 0.480 e. The van der Waals surface area contributed by atoms with Crippen molar-refractivity contribution < 1.29 is 9.90 Å². The van der Waals surface area contributed by atoms with Crippen molar-refractivity contribution in [3.8, 4) is 0 Å². The number of hydrogen-bond donors (Lipinski definition) is 2. The molecule has 0 amide bonds. The second kappa shape index (κ2) is 4.49. The number of aliphatic carboxylic acids is 1. The molecule has 18 heavy (non-hydrogen) atoms. The zero-order valence-corrected chi connectivity index (χ0v) is 10.9. The molecule has 5 heteroatoms. The highest BCUT2D eigenvalue weighted by molar-refractivity contribution is 8.01. The van der Waals surface area contributed by atoms with Gasteiger partial charge in [0.1, 0.15) is 4.75 Å². The van der Waals surface area contributed by atoms with E-state index in [1.54, 1.807) is 32.0 Å². The minimum atomic E-state index is -0.981. The van der Waals surface area contributed by atoms with Crippen LogP contribution < -0.4 is 5.56 Å². The molecule has 0 aliphatic rings. The first-order valence-electron chi connectivity index (χ1n) is 5.44. The van der Waals surface area contributed by atoms with Crippen LogP contribution in [0, 0.1) is 0 Å². The number of hydrogen-bond acceptors (Lipinski definition) is 3. The standard InChI is InChI=1S/C13H13NO3S/c1-13(2,12(16)17)18-10-7-8-5-3-4-6-9(8)11(15)14-10/h3-7H,1-2H3,(H,14,15)(H,16,17). The smallest absolute Gasteiger partial charge is 0.319 e. The molecule has 0 aliphatic heterocycles. The zero-order valence-electron chi connectivity index (χ0n) is 10.1. The summed E-state index contributed by atoms with van der Waals surface area (Å²) >= 11 is 1.13. The van der Waals surface area contributed by atoms with Crippen LogP contribution in [0.4, 0.5) is 0 Å². The van der Waals surface area contributed by atoms with Crippen LogP contribution in [0.3, 0.4) is 0 Å². The van der Waals surface area contributed by atoms with Crippen molar-refractivity contribution in [2.24, 2.45) is 0 Å². The number of rotatable bonds is 3. The molecule has 0 unspecified atom stereocenters. The molecule has 94 valence electrons. The number of pyridine rings is 1. The number of aromatic amines is 1. The summed E-state index contributed by atoms with van der Waals surface area (Å²) in [6, 6.07) is 9.02. The normalized spacial score (nSPS) is 11.7. The first kappa shape index (κ1) is 12.7. The predicted molar refractivity (Wildman–Crippen MR) is 72.1 cm³/mol. The Bertz CT molecular complexity index is 661. The average molecular weight is 263 g/mol. The average Bonchev–Trinajstić information content (AvgIpc) is 2.28. The SMILES string of the molecule is CC(C)(Sc1cc2ccccc2c(=O)[nH]1)C(=O)O. The van der Waals surface area contributed by atoms with E-state index >= 15 is 0 Å². The molecule has 0 aliphatic carbocycles. The van der Waals surface area contributed by atoms with E-state index in [2.05, 4.69) is 4.98 Å². The molecule has 4 nitrogen and oxygen atoms in total. The first-order valence-corrected chi connectivity index (χ1v) is 6.26. The zero-order chi connectivity index (χ0) is 13.3. The Morgan fingerprint density at radius 3 is 2.67 bits per heavy atom. The third-order valence-corrected chi connectivity index (χ3v) is 3.73. The van der Waals surface area contributed by atoms with Crippen molar-refractivity contribution >= 4 is 28.5 Å². The van der Waals surface area contributed by atoms with Crippen LogP contribution in [-0.4, -0.2) is 20.8 Å². The fourth-order valence-corrected chi connectivity index (χ4v) is 2.53. The number of carbonyl (C=O) groups is 1. The van der Waals surface area contributed by atoms with E-state index in [4.69, 9.17) is 5.11 Å². The summed E-state index contributed by atoms with van der Waals surface area (Å²) in [5.41, 5.74) is -0.197. The Labute approximate surface area is 108 Å². The molecule has 0 bridgehead atoms. The number of fused-ring (bicyclic) bond motifs is 1. The molecule has 0 radical (unpaired) electrons. The lowest BCUT2D eigenvalue weighted by atomic mass is 10.2. The van der Waals surface area contributed by atoms with Gasteiger partial charge in [0.2, 0.25) is 0 Å². The van der Waals surface area contributed by atoms with Gasteiger partial charge in [-0.1, -0.05) is 30.0 Å². The Morgan fingerprint density at radius 1 is 1.33 bits per heavy atom. The molecule has 1 aromatic heterocycles. The summed E-state index contributed by atoms with van der Waals surface area (Å²) in [6.45, 7) is 3.21. The lowest BCUT2D eigenvalue weighted by molar-refractivity contribution is -0.138. The lowest BCUT2D eigenvalue weighted by Crippen LogP contribution is -2.27. The Balaban J connectivity index is 2.48. The maximum atomic E-state index is 11.8. The van der Waals surface area contributed by atoms with Crippen molar-refractivity contribution in [1.82, 2.24) is 4.98 Å². The van der Waals surface area contributed by atoms with Crippen molar-refractivity contribution in [1.29, 1.82) is 0 Å². The second-order valence-electron chi connectivity index (χ2n) is 4.47. The monoisotopic (exact) mass is 263 g/mol. The van der Waals surface area contributed by atoms with Crippen molar-refractivity contribution in [3.05, 3.63) is 40.7 Å². The van der Waals surface area contributed by atoms with Crippen LogP contribution in [0.1, 0.15) is 13.8 Å². The van der Waals surface area contributed by atoms with Gasteiger partial charge in [0.25, 0.3) is 5.56 Å². The summed E-state index contributed by atoms with van der Waals surface area (Å²) in [6.07, 6.45) is 0. The van der Waals surface area contributed by atoms with Gasteiger partial charge in [-0.25, -0.2) is 0 Å². The number of benzene rings is 1. The van der Waals surface area contributed by atoms with Gasteiger partial charge >= 0.3 is 5.97 Å². The summed E-state index contributed by atoms with van der Waals surface area (Å²) in [5, 5.41) is 11.1. The maximum absolute atomic E-state index is 11.8. The fourth-order valence-electron chi connectivity index (χ4n) is 1.56. The van der Waals surface area contributed by atoms with E-state index in [0.29, 0.717) is 10.4 Å². The first-order chi connectivity index (χ1) is 8.40. The van der Waals surface area contributed by atoms with Gasteiger partial charge in [0, 0.05) is 5.39 Å².